The number of hydrogen-bond acceptors (Lipinski definition) is 4. The van der Waals surface area contributed by atoms with E-state index in [2.05, 4.69) is 5.32 Å². The van der Waals surface area contributed by atoms with Crippen LogP contribution < -0.4 is 10.1 Å². The van der Waals surface area contributed by atoms with Gasteiger partial charge in [-0.3, -0.25) is 4.79 Å². The molecule has 0 fully saturated rings. The quantitative estimate of drug-likeness (QED) is 0.354. The summed E-state index contributed by atoms with van der Waals surface area (Å²) in [5, 5.41) is 12.4. The van der Waals surface area contributed by atoms with Crippen LogP contribution in [0.4, 0.5) is 18.0 Å². The summed E-state index contributed by atoms with van der Waals surface area (Å²) in [6, 6.07) is 9.72. The van der Waals surface area contributed by atoms with Crippen LogP contribution in [0.1, 0.15) is 36.4 Å². The minimum absolute atomic E-state index is 0.0414. The number of aldehydes is 1. The maximum atomic E-state index is 13.0. The molecule has 0 bridgehead atoms. The van der Waals surface area contributed by atoms with Crippen LogP contribution in [-0.4, -0.2) is 55.2 Å². The number of amides is 2. The van der Waals surface area contributed by atoms with Gasteiger partial charge in [-0.2, -0.15) is 13.2 Å². The first-order valence-electron chi connectivity index (χ1n) is 10.7. The molecule has 2 aromatic rings. The van der Waals surface area contributed by atoms with Crippen molar-refractivity contribution in [2.75, 3.05) is 20.7 Å². The number of nitrogens with one attached hydrogen (secondary N) is 1. The van der Waals surface area contributed by atoms with Crippen molar-refractivity contribution in [3.8, 4) is 5.75 Å². The molecule has 2 aromatic carbocycles. The number of ether oxygens (including phenoxy) is 1. The third-order valence-corrected chi connectivity index (χ3v) is 6.49. The summed E-state index contributed by atoms with van der Waals surface area (Å²) in [6.07, 6.45) is -7.41. The number of alkyl halides is 3. The second-order valence-electron chi connectivity index (χ2n) is 8.19. The molecule has 0 radical (unpaired) electrons. The van der Waals surface area contributed by atoms with Crippen molar-refractivity contribution >= 4 is 41.5 Å². The minimum atomic E-state index is -4.74. The summed E-state index contributed by atoms with van der Waals surface area (Å²) in [4.78, 5) is 36.7. The molecule has 0 heterocycles. The number of likely N-dealkylation sites (N-methyl/N-ethyl adjacent to an activating group) is 1. The number of benzene rings is 2. The molecule has 1 unspecified atom stereocenters. The number of rotatable bonds is 11. The smallest absolute Gasteiger partial charge is 0.405 e. The number of carboxylic acid groups (broad SMARTS) is 1. The maximum absolute atomic E-state index is 13.0. The van der Waals surface area contributed by atoms with E-state index in [1.54, 1.807) is 24.3 Å². The third kappa shape index (κ3) is 7.51. The van der Waals surface area contributed by atoms with Crippen molar-refractivity contribution in [3.63, 3.8) is 0 Å². The first-order chi connectivity index (χ1) is 16.8. The molecule has 36 heavy (non-hydrogen) atoms. The lowest BCUT2D eigenvalue weighted by Crippen LogP contribution is -2.51. The van der Waals surface area contributed by atoms with Crippen molar-refractivity contribution in [3.05, 3.63) is 63.6 Å². The Labute approximate surface area is 216 Å². The fourth-order valence-electron chi connectivity index (χ4n) is 4.14. The topological polar surface area (TPSA) is 95.9 Å². The summed E-state index contributed by atoms with van der Waals surface area (Å²) >= 11 is 12.3. The Bertz CT molecular complexity index is 1100. The predicted octanol–water partition coefficient (Wildman–Crippen LogP) is 5.64. The lowest BCUT2D eigenvalue weighted by Gasteiger charge is -2.44. The summed E-state index contributed by atoms with van der Waals surface area (Å²) in [7, 11) is 2.60. The Hall–Kier alpha value is -2.98. The molecule has 12 heteroatoms. The molecule has 2 atom stereocenters. The fraction of sp³-hybridized carbons (Fsp3) is 0.375. The molecule has 0 spiro atoms. The van der Waals surface area contributed by atoms with Crippen molar-refractivity contribution < 1.29 is 37.4 Å². The number of halogens is 5. The van der Waals surface area contributed by atoms with Crippen LogP contribution in [0.2, 0.25) is 10.0 Å². The number of carbonyl (C=O) groups excluding carboxylic acids is 2. The van der Waals surface area contributed by atoms with E-state index in [0.29, 0.717) is 23.2 Å². The second kappa shape index (κ2) is 12.3. The Morgan fingerprint density at radius 1 is 1.17 bits per heavy atom. The molecule has 0 saturated heterocycles. The molecule has 0 saturated carbocycles. The lowest BCUT2D eigenvalue weighted by molar-refractivity contribution is -0.161. The van der Waals surface area contributed by atoms with Gasteiger partial charge in [0.05, 0.1) is 23.2 Å². The van der Waals surface area contributed by atoms with E-state index < -0.39 is 36.1 Å². The van der Waals surface area contributed by atoms with Crippen LogP contribution in [0.3, 0.4) is 0 Å². The van der Waals surface area contributed by atoms with Gasteiger partial charge in [0.15, 0.2) is 0 Å². The Balaban J connectivity index is 2.80. The van der Waals surface area contributed by atoms with Gasteiger partial charge in [0.2, 0.25) is 5.91 Å². The number of methoxy groups -OCH3 is 1. The Morgan fingerprint density at radius 2 is 1.86 bits per heavy atom. The Morgan fingerprint density at radius 3 is 2.42 bits per heavy atom. The van der Waals surface area contributed by atoms with E-state index in [4.69, 9.17) is 27.9 Å². The van der Waals surface area contributed by atoms with E-state index in [1.807, 2.05) is 0 Å². The van der Waals surface area contributed by atoms with Crippen LogP contribution in [0, 0.1) is 0 Å². The molecular weight excluding hydrogens is 524 g/mol. The van der Waals surface area contributed by atoms with Crippen molar-refractivity contribution in [1.82, 2.24) is 10.2 Å². The first-order valence-corrected chi connectivity index (χ1v) is 11.4. The monoisotopic (exact) mass is 548 g/mol. The summed E-state index contributed by atoms with van der Waals surface area (Å²) in [6.45, 7) is -0.379. The minimum Gasteiger partial charge on any atom is -0.497 e. The van der Waals surface area contributed by atoms with Crippen LogP contribution >= 0.6 is 23.2 Å². The first kappa shape index (κ1) is 29.3. The van der Waals surface area contributed by atoms with Crippen molar-refractivity contribution in [1.29, 1.82) is 0 Å². The maximum Gasteiger partial charge on any atom is 0.405 e. The molecule has 2 rings (SSSR count). The highest BCUT2D eigenvalue weighted by molar-refractivity contribution is 6.42. The van der Waals surface area contributed by atoms with Gasteiger partial charge in [0.1, 0.15) is 18.5 Å². The standard InChI is InChI=1S/C24H25Cl2F3N2O5/c1-31(20(33)13-24(27,28)29)14-23(9-4-10-32,16-7-8-18(25)19(26)12-16)21(30-22(34)35)15-5-3-6-17(11-15)36-2/h3,5-8,10-12,21,30H,4,9,13-14H2,1-2H3,(H,34,35)/t21?,23-/m1/s1. The van der Waals surface area contributed by atoms with E-state index in [1.165, 1.54) is 32.4 Å². The Kier molecular flexibility index (Phi) is 10.0. The average molecular weight is 549 g/mol. The predicted molar refractivity (Wildman–Crippen MR) is 129 cm³/mol. The number of carbonyl (C=O) groups is 3. The van der Waals surface area contributed by atoms with Crippen LogP contribution in [0.25, 0.3) is 0 Å². The van der Waals surface area contributed by atoms with Gasteiger partial charge in [-0.15, -0.1) is 0 Å². The van der Waals surface area contributed by atoms with Gasteiger partial charge in [-0.25, -0.2) is 4.79 Å². The molecule has 0 aliphatic heterocycles. The molecule has 0 aliphatic carbocycles. The summed E-state index contributed by atoms with van der Waals surface area (Å²) in [5.41, 5.74) is -0.673. The molecule has 0 aromatic heterocycles. The molecule has 0 aliphatic rings. The van der Waals surface area contributed by atoms with Gasteiger partial charge in [-0.05, 0) is 41.8 Å². The number of hydrogen-bond donors (Lipinski definition) is 2. The second-order valence-corrected chi connectivity index (χ2v) is 9.01. The fourth-order valence-corrected chi connectivity index (χ4v) is 4.44. The average Bonchev–Trinajstić information content (AvgIpc) is 2.80. The lowest BCUT2D eigenvalue weighted by atomic mass is 9.68. The van der Waals surface area contributed by atoms with E-state index in [9.17, 15) is 32.7 Å². The zero-order valence-corrected chi connectivity index (χ0v) is 21.0. The molecule has 2 amide bonds. The van der Waals surface area contributed by atoms with E-state index in [-0.39, 0.29) is 29.4 Å². The zero-order valence-electron chi connectivity index (χ0n) is 19.4. The van der Waals surface area contributed by atoms with Gasteiger partial charge in [-0.1, -0.05) is 41.4 Å². The van der Waals surface area contributed by atoms with Gasteiger partial charge in [0.25, 0.3) is 0 Å². The summed E-state index contributed by atoms with van der Waals surface area (Å²) < 4.78 is 44.2. The van der Waals surface area contributed by atoms with E-state index in [0.717, 1.165) is 4.90 Å². The van der Waals surface area contributed by atoms with Gasteiger partial charge in [0, 0.05) is 25.4 Å². The molecule has 2 N–H and O–H groups in total. The molecule has 196 valence electrons. The van der Waals surface area contributed by atoms with Crippen LogP contribution in [-0.2, 0) is 15.0 Å². The molecular formula is C24H25Cl2F3N2O5. The van der Waals surface area contributed by atoms with Gasteiger partial charge >= 0.3 is 12.3 Å². The van der Waals surface area contributed by atoms with Crippen LogP contribution in [0.15, 0.2) is 42.5 Å². The third-order valence-electron chi connectivity index (χ3n) is 5.75. The highest BCUT2D eigenvalue weighted by Gasteiger charge is 2.45. The summed E-state index contributed by atoms with van der Waals surface area (Å²) in [5.74, 6) is -0.831. The van der Waals surface area contributed by atoms with Crippen LogP contribution in [0.5, 0.6) is 5.75 Å². The van der Waals surface area contributed by atoms with Gasteiger partial charge < -0.3 is 24.9 Å². The molecule has 7 nitrogen and oxygen atoms in total. The SMILES string of the molecule is COc1cccc(C(NC(=O)O)[C@](CCC=O)(CN(C)C(=O)CC(F)(F)F)c2ccc(Cl)c(Cl)c2)c1. The van der Waals surface area contributed by atoms with Crippen molar-refractivity contribution in [2.45, 2.75) is 36.9 Å². The van der Waals surface area contributed by atoms with E-state index >= 15 is 0 Å². The van der Waals surface area contributed by atoms with Crippen molar-refractivity contribution in [2.24, 2.45) is 0 Å². The zero-order chi connectivity index (χ0) is 27.1. The highest BCUT2D eigenvalue weighted by atomic mass is 35.5. The normalized spacial score (nSPS) is 13.9. The highest BCUT2D eigenvalue weighted by Crippen LogP contribution is 2.44. The largest absolute Gasteiger partial charge is 0.497 e. The number of nitrogens with zero attached hydrogens (tertiary/aromatic N) is 1.